The second kappa shape index (κ2) is 5.76. The molecule has 0 spiro atoms. The molecule has 0 aliphatic rings. The van der Waals surface area contributed by atoms with Gasteiger partial charge in [0.15, 0.2) is 0 Å². The fraction of sp³-hybridized carbons (Fsp3) is 0.133. The van der Waals surface area contributed by atoms with Crippen LogP contribution in [0.3, 0.4) is 0 Å². The summed E-state index contributed by atoms with van der Waals surface area (Å²) < 4.78 is 5.66. The van der Waals surface area contributed by atoms with Crippen molar-refractivity contribution in [2.75, 3.05) is 0 Å². The van der Waals surface area contributed by atoms with E-state index in [0.29, 0.717) is 17.2 Å². The molecule has 0 bridgehead atoms. The van der Waals surface area contributed by atoms with Gasteiger partial charge in [-0.1, -0.05) is 41.4 Å². The monoisotopic (exact) mass is 274 g/mol. The van der Waals surface area contributed by atoms with Gasteiger partial charge in [0.25, 0.3) is 0 Å². The molecule has 2 aromatic carbocycles. The number of nitrogens with two attached hydrogens (primary N) is 1. The summed E-state index contributed by atoms with van der Waals surface area (Å²) in [7, 11) is 0. The zero-order valence-electron chi connectivity index (χ0n) is 10.6. The van der Waals surface area contributed by atoms with E-state index in [4.69, 9.17) is 27.5 Å². The first-order valence-electron chi connectivity index (χ1n) is 5.88. The van der Waals surface area contributed by atoms with Crippen molar-refractivity contribution in [2.24, 2.45) is 5.73 Å². The molecule has 3 N–H and O–H groups in total. The molecule has 19 heavy (non-hydrogen) atoms. The minimum atomic E-state index is 0.00732. The van der Waals surface area contributed by atoms with Crippen LogP contribution in [0.2, 0.25) is 5.02 Å². The fourth-order valence-electron chi connectivity index (χ4n) is 1.63. The van der Waals surface area contributed by atoms with Crippen LogP contribution in [0.4, 0.5) is 0 Å². The predicted octanol–water partition coefficient (Wildman–Crippen LogP) is 3.51. The molecule has 2 aromatic rings. The van der Waals surface area contributed by atoms with E-state index in [9.17, 15) is 0 Å². The molecule has 98 valence electrons. The maximum atomic E-state index is 7.35. The van der Waals surface area contributed by atoms with Crippen LogP contribution < -0.4 is 10.5 Å². The summed E-state index contributed by atoms with van der Waals surface area (Å²) in [6.45, 7) is 2.42. The van der Waals surface area contributed by atoms with Crippen molar-refractivity contribution >= 4 is 17.4 Å². The van der Waals surface area contributed by atoms with Crippen LogP contribution in [0.5, 0.6) is 5.75 Å². The van der Waals surface area contributed by atoms with Gasteiger partial charge < -0.3 is 10.5 Å². The van der Waals surface area contributed by atoms with Crippen LogP contribution in [0.25, 0.3) is 0 Å². The van der Waals surface area contributed by atoms with Crippen LogP contribution in [0, 0.1) is 12.3 Å². The van der Waals surface area contributed by atoms with E-state index in [0.717, 1.165) is 11.3 Å². The summed E-state index contributed by atoms with van der Waals surface area (Å²) >= 11 is 6.13. The molecule has 0 saturated carbocycles. The van der Waals surface area contributed by atoms with E-state index in [2.05, 4.69) is 0 Å². The predicted molar refractivity (Wildman–Crippen MR) is 78.0 cm³/mol. The van der Waals surface area contributed by atoms with Gasteiger partial charge in [-0.2, -0.15) is 0 Å². The van der Waals surface area contributed by atoms with E-state index in [-0.39, 0.29) is 5.84 Å². The maximum absolute atomic E-state index is 7.35. The quantitative estimate of drug-likeness (QED) is 0.662. The number of amidine groups is 1. The second-order valence-corrected chi connectivity index (χ2v) is 4.73. The van der Waals surface area contributed by atoms with E-state index >= 15 is 0 Å². The molecule has 2 rings (SSSR count). The average molecular weight is 275 g/mol. The van der Waals surface area contributed by atoms with Gasteiger partial charge in [-0.15, -0.1) is 0 Å². The van der Waals surface area contributed by atoms with Crippen LogP contribution in [-0.4, -0.2) is 5.84 Å². The number of benzene rings is 2. The highest BCUT2D eigenvalue weighted by atomic mass is 35.5. The minimum Gasteiger partial charge on any atom is -0.489 e. The molecule has 0 aliphatic carbocycles. The largest absolute Gasteiger partial charge is 0.489 e. The maximum Gasteiger partial charge on any atom is 0.122 e. The lowest BCUT2D eigenvalue weighted by Crippen LogP contribution is -2.11. The van der Waals surface area contributed by atoms with Crippen molar-refractivity contribution in [1.29, 1.82) is 5.41 Å². The second-order valence-electron chi connectivity index (χ2n) is 4.32. The molecular weight excluding hydrogens is 260 g/mol. The van der Waals surface area contributed by atoms with E-state index < -0.39 is 0 Å². The van der Waals surface area contributed by atoms with Crippen molar-refractivity contribution in [3.8, 4) is 5.75 Å². The summed E-state index contributed by atoms with van der Waals surface area (Å²) in [4.78, 5) is 0. The lowest BCUT2D eigenvalue weighted by molar-refractivity contribution is 0.306. The van der Waals surface area contributed by atoms with Crippen molar-refractivity contribution in [3.05, 3.63) is 64.2 Å². The van der Waals surface area contributed by atoms with Crippen molar-refractivity contribution in [2.45, 2.75) is 13.5 Å². The molecule has 4 heteroatoms. The van der Waals surface area contributed by atoms with Crippen LogP contribution >= 0.6 is 11.6 Å². The molecule has 0 aromatic heterocycles. The number of halogens is 1. The Labute approximate surface area is 117 Å². The number of rotatable bonds is 4. The molecule has 0 atom stereocenters. The Balaban J connectivity index is 2.07. The Morgan fingerprint density at radius 2 is 1.89 bits per heavy atom. The number of nitrogens with one attached hydrogen (secondary N) is 1. The average Bonchev–Trinajstić information content (AvgIpc) is 2.39. The molecule has 0 radical (unpaired) electrons. The zero-order valence-corrected chi connectivity index (χ0v) is 11.4. The fourth-order valence-corrected chi connectivity index (χ4v) is 1.86. The van der Waals surface area contributed by atoms with Gasteiger partial charge >= 0.3 is 0 Å². The Morgan fingerprint density at radius 1 is 1.21 bits per heavy atom. The van der Waals surface area contributed by atoms with Crippen LogP contribution in [-0.2, 0) is 6.61 Å². The summed E-state index contributed by atoms with van der Waals surface area (Å²) in [5.74, 6) is 0.810. The summed E-state index contributed by atoms with van der Waals surface area (Å²) in [6, 6.07) is 13.1. The van der Waals surface area contributed by atoms with Crippen LogP contribution in [0.15, 0.2) is 42.5 Å². The van der Waals surface area contributed by atoms with E-state index in [1.54, 1.807) is 12.1 Å². The third kappa shape index (κ3) is 3.48. The molecule has 3 nitrogen and oxygen atoms in total. The van der Waals surface area contributed by atoms with Gasteiger partial charge in [0.1, 0.15) is 18.2 Å². The lowest BCUT2D eigenvalue weighted by atomic mass is 10.1. The normalized spacial score (nSPS) is 10.2. The van der Waals surface area contributed by atoms with Crippen LogP contribution in [0.1, 0.15) is 16.7 Å². The van der Waals surface area contributed by atoms with Gasteiger partial charge in [-0.3, -0.25) is 5.41 Å². The molecule has 0 heterocycles. The minimum absolute atomic E-state index is 0.00732. The zero-order chi connectivity index (χ0) is 13.8. The number of nitrogen functional groups attached to an aromatic ring is 1. The first kappa shape index (κ1) is 13.4. The van der Waals surface area contributed by atoms with E-state index in [1.807, 2.05) is 37.3 Å². The van der Waals surface area contributed by atoms with Gasteiger partial charge in [0.05, 0.1) is 0 Å². The van der Waals surface area contributed by atoms with Gasteiger partial charge in [0.2, 0.25) is 0 Å². The standard InChI is InChI=1S/C15H15ClN2O/c1-10-2-6-13(7-3-10)19-9-12-5-4-11(15(17)18)8-14(12)16/h2-8H,9H2,1H3,(H3,17,18). The topological polar surface area (TPSA) is 59.1 Å². The Kier molecular flexibility index (Phi) is 4.07. The third-order valence-electron chi connectivity index (χ3n) is 2.78. The molecule has 0 unspecified atom stereocenters. The molecule has 0 fully saturated rings. The smallest absolute Gasteiger partial charge is 0.122 e. The van der Waals surface area contributed by atoms with Gasteiger partial charge in [-0.25, -0.2) is 0 Å². The summed E-state index contributed by atoms with van der Waals surface area (Å²) in [5.41, 5.74) is 8.08. The summed E-state index contributed by atoms with van der Waals surface area (Å²) in [6.07, 6.45) is 0. The molecule has 0 aliphatic heterocycles. The number of hydrogen-bond donors (Lipinski definition) is 2. The van der Waals surface area contributed by atoms with Gasteiger partial charge in [-0.05, 0) is 25.1 Å². The number of ether oxygens (including phenoxy) is 1. The summed E-state index contributed by atoms with van der Waals surface area (Å²) in [5, 5.41) is 7.90. The Hall–Kier alpha value is -2.00. The van der Waals surface area contributed by atoms with E-state index in [1.165, 1.54) is 5.56 Å². The molecule has 0 amide bonds. The first-order chi connectivity index (χ1) is 9.06. The lowest BCUT2D eigenvalue weighted by Gasteiger charge is -2.09. The van der Waals surface area contributed by atoms with Crippen molar-refractivity contribution in [1.82, 2.24) is 0 Å². The van der Waals surface area contributed by atoms with Crippen molar-refractivity contribution < 1.29 is 4.74 Å². The number of aryl methyl sites for hydroxylation is 1. The first-order valence-corrected chi connectivity index (χ1v) is 6.26. The Bertz CT molecular complexity index is 594. The highest BCUT2D eigenvalue weighted by molar-refractivity contribution is 6.31. The number of hydrogen-bond acceptors (Lipinski definition) is 2. The third-order valence-corrected chi connectivity index (χ3v) is 3.13. The highest BCUT2D eigenvalue weighted by Gasteiger charge is 2.04. The van der Waals surface area contributed by atoms with Crippen molar-refractivity contribution in [3.63, 3.8) is 0 Å². The Morgan fingerprint density at radius 3 is 2.47 bits per heavy atom. The molecular formula is C15H15ClN2O. The highest BCUT2D eigenvalue weighted by Crippen LogP contribution is 2.20. The molecule has 0 saturated heterocycles. The SMILES string of the molecule is Cc1ccc(OCc2ccc(C(=N)N)cc2Cl)cc1. The van der Waals surface area contributed by atoms with Gasteiger partial charge in [0, 0.05) is 16.1 Å².